The summed E-state index contributed by atoms with van der Waals surface area (Å²) in [7, 11) is 3.48. The normalized spacial score (nSPS) is 10.8. The lowest BCUT2D eigenvalue weighted by molar-refractivity contribution is -0.138. The van der Waals surface area contributed by atoms with Crippen LogP contribution in [0.4, 0.5) is 0 Å². The van der Waals surface area contributed by atoms with Crippen molar-refractivity contribution in [3.63, 3.8) is 0 Å². The average Bonchev–Trinajstić information content (AvgIpc) is 2.51. The third-order valence-electron chi connectivity index (χ3n) is 3.86. The Hall–Kier alpha value is -2.35. The fraction of sp³-hybridized carbons (Fsp3) is 0.500. The van der Waals surface area contributed by atoms with Gasteiger partial charge in [-0.1, -0.05) is 12.1 Å². The van der Waals surface area contributed by atoms with Crippen molar-refractivity contribution in [3.8, 4) is 6.07 Å². The Balaban J connectivity index is 2.51. The molecule has 0 unspecified atom stereocenters. The van der Waals surface area contributed by atoms with Crippen molar-refractivity contribution in [1.29, 1.82) is 5.26 Å². The lowest BCUT2D eigenvalue weighted by atomic mass is 10.1. The molecule has 5 nitrogen and oxygen atoms in total. The second-order valence-electron chi connectivity index (χ2n) is 6.68. The molecule has 0 aliphatic heterocycles. The molecular formula is C18H25N3O2. The molecule has 0 atom stereocenters. The summed E-state index contributed by atoms with van der Waals surface area (Å²) in [5.74, 6) is -0.0948. The molecular weight excluding hydrogens is 290 g/mol. The lowest BCUT2D eigenvalue weighted by Crippen LogP contribution is -2.42. The number of nitrogens with zero attached hydrogens (tertiary/aromatic N) is 3. The van der Waals surface area contributed by atoms with Gasteiger partial charge in [-0.2, -0.15) is 5.26 Å². The summed E-state index contributed by atoms with van der Waals surface area (Å²) in [4.78, 5) is 27.5. The Morgan fingerprint density at radius 2 is 1.57 bits per heavy atom. The molecule has 0 fully saturated rings. The van der Waals surface area contributed by atoms with Crippen LogP contribution in [0.15, 0.2) is 24.3 Å². The fourth-order valence-electron chi connectivity index (χ4n) is 1.99. The van der Waals surface area contributed by atoms with E-state index in [0.717, 1.165) is 5.56 Å². The van der Waals surface area contributed by atoms with E-state index in [1.54, 1.807) is 36.0 Å². The van der Waals surface area contributed by atoms with Crippen molar-refractivity contribution in [2.75, 3.05) is 14.1 Å². The molecule has 0 N–H and O–H groups in total. The number of hydrogen-bond donors (Lipinski definition) is 0. The smallest absolute Gasteiger partial charge is 0.223 e. The highest BCUT2D eigenvalue weighted by atomic mass is 16.2. The Kier molecular flexibility index (Phi) is 6.32. The molecule has 0 bridgehead atoms. The second-order valence-corrected chi connectivity index (χ2v) is 6.68. The van der Waals surface area contributed by atoms with Gasteiger partial charge in [0.1, 0.15) is 0 Å². The van der Waals surface area contributed by atoms with Crippen molar-refractivity contribution in [2.24, 2.45) is 0 Å². The summed E-state index contributed by atoms with van der Waals surface area (Å²) in [6.07, 6.45) is 0.413. The third kappa shape index (κ3) is 5.74. The van der Waals surface area contributed by atoms with Crippen molar-refractivity contribution >= 4 is 11.8 Å². The Labute approximate surface area is 138 Å². The highest BCUT2D eigenvalue weighted by molar-refractivity contribution is 5.83. The summed E-state index contributed by atoms with van der Waals surface area (Å²) in [5, 5.41) is 8.77. The third-order valence-corrected chi connectivity index (χ3v) is 3.86. The first-order valence-electron chi connectivity index (χ1n) is 7.65. The van der Waals surface area contributed by atoms with Gasteiger partial charge >= 0.3 is 0 Å². The van der Waals surface area contributed by atoms with E-state index >= 15 is 0 Å². The average molecular weight is 315 g/mol. The van der Waals surface area contributed by atoms with Crippen molar-refractivity contribution < 1.29 is 9.59 Å². The predicted molar refractivity (Wildman–Crippen MR) is 89.4 cm³/mol. The number of carbonyl (C=O) groups excluding carboxylic acids is 2. The van der Waals surface area contributed by atoms with Crippen LogP contribution >= 0.6 is 0 Å². The molecule has 5 heteroatoms. The minimum Gasteiger partial charge on any atom is -0.341 e. The fourth-order valence-corrected chi connectivity index (χ4v) is 1.99. The van der Waals surface area contributed by atoms with E-state index in [2.05, 4.69) is 6.07 Å². The number of carbonyl (C=O) groups is 2. The standard InChI is InChI=1S/C18H25N3O2/c1-18(2,3)21(5)17(23)11-10-16(22)20(4)13-15-8-6-14(12-19)7-9-15/h6-9H,10-11,13H2,1-5H3. The molecule has 0 aliphatic rings. The van der Waals surface area contributed by atoms with Crippen LogP contribution in [0.2, 0.25) is 0 Å². The zero-order chi connectivity index (χ0) is 17.6. The molecule has 1 rings (SSSR count). The number of nitriles is 1. The SMILES string of the molecule is CN(Cc1ccc(C#N)cc1)C(=O)CCC(=O)N(C)C(C)(C)C. The van der Waals surface area contributed by atoms with Crippen molar-refractivity contribution in [3.05, 3.63) is 35.4 Å². The molecule has 2 amide bonds. The molecule has 23 heavy (non-hydrogen) atoms. The monoisotopic (exact) mass is 315 g/mol. The number of amides is 2. The van der Waals surface area contributed by atoms with Gasteiger partial charge in [-0.3, -0.25) is 9.59 Å². The minimum absolute atomic E-state index is 0.0300. The number of benzene rings is 1. The van der Waals surface area contributed by atoms with Crippen LogP contribution in [0.1, 0.15) is 44.7 Å². The predicted octanol–water partition coefficient (Wildman–Crippen LogP) is 2.55. The zero-order valence-corrected chi connectivity index (χ0v) is 14.6. The van der Waals surface area contributed by atoms with E-state index in [9.17, 15) is 9.59 Å². The van der Waals surface area contributed by atoms with Gasteiger partial charge in [0, 0.05) is 39.0 Å². The molecule has 0 saturated heterocycles. The lowest BCUT2D eigenvalue weighted by Gasteiger charge is -2.32. The van der Waals surface area contributed by atoms with E-state index in [1.165, 1.54) is 0 Å². The maximum atomic E-state index is 12.2. The summed E-state index contributed by atoms with van der Waals surface area (Å²) in [6.45, 7) is 6.35. The van der Waals surface area contributed by atoms with Crippen LogP contribution in [-0.4, -0.2) is 41.2 Å². The Morgan fingerprint density at radius 1 is 1.04 bits per heavy atom. The molecule has 0 saturated carbocycles. The van der Waals surface area contributed by atoms with E-state index in [4.69, 9.17) is 5.26 Å². The highest BCUT2D eigenvalue weighted by Crippen LogP contribution is 2.13. The maximum Gasteiger partial charge on any atom is 0.223 e. The Morgan fingerprint density at radius 3 is 2.04 bits per heavy atom. The van der Waals surface area contributed by atoms with Crippen LogP contribution in [0.25, 0.3) is 0 Å². The molecule has 0 spiro atoms. The Bertz CT molecular complexity index is 594. The molecule has 0 aliphatic carbocycles. The van der Waals surface area contributed by atoms with Crippen LogP contribution in [0.5, 0.6) is 0 Å². The summed E-state index contributed by atoms with van der Waals surface area (Å²) in [5.41, 5.74) is 1.31. The second kappa shape index (κ2) is 7.77. The summed E-state index contributed by atoms with van der Waals surface area (Å²) < 4.78 is 0. The van der Waals surface area contributed by atoms with Gasteiger partial charge in [-0.15, -0.1) is 0 Å². The van der Waals surface area contributed by atoms with Crippen LogP contribution < -0.4 is 0 Å². The van der Waals surface area contributed by atoms with Gasteiger partial charge in [-0.05, 0) is 38.5 Å². The molecule has 1 aromatic rings. The summed E-state index contributed by atoms with van der Waals surface area (Å²) in [6, 6.07) is 9.19. The first-order valence-corrected chi connectivity index (χ1v) is 7.65. The van der Waals surface area contributed by atoms with Gasteiger partial charge in [0.25, 0.3) is 0 Å². The maximum absolute atomic E-state index is 12.2. The van der Waals surface area contributed by atoms with E-state index in [0.29, 0.717) is 12.1 Å². The van der Waals surface area contributed by atoms with Gasteiger partial charge < -0.3 is 9.80 Å². The van der Waals surface area contributed by atoms with Crippen LogP contribution in [0.3, 0.4) is 0 Å². The zero-order valence-electron chi connectivity index (χ0n) is 14.6. The largest absolute Gasteiger partial charge is 0.341 e. The molecule has 0 aromatic heterocycles. The van der Waals surface area contributed by atoms with Crippen molar-refractivity contribution in [1.82, 2.24) is 9.80 Å². The number of rotatable bonds is 5. The van der Waals surface area contributed by atoms with Gasteiger partial charge in [0.05, 0.1) is 11.6 Å². The van der Waals surface area contributed by atoms with Crippen LogP contribution in [-0.2, 0) is 16.1 Å². The van der Waals surface area contributed by atoms with Gasteiger partial charge in [-0.25, -0.2) is 0 Å². The summed E-state index contributed by atoms with van der Waals surface area (Å²) >= 11 is 0. The first-order chi connectivity index (χ1) is 10.6. The van der Waals surface area contributed by atoms with Gasteiger partial charge in [0.2, 0.25) is 11.8 Å². The van der Waals surface area contributed by atoms with E-state index < -0.39 is 0 Å². The topological polar surface area (TPSA) is 64.4 Å². The molecule has 0 heterocycles. The molecule has 0 radical (unpaired) electrons. The number of hydrogen-bond acceptors (Lipinski definition) is 3. The van der Waals surface area contributed by atoms with Crippen molar-refractivity contribution in [2.45, 2.75) is 45.7 Å². The molecule has 124 valence electrons. The molecule has 1 aromatic carbocycles. The van der Waals surface area contributed by atoms with Gasteiger partial charge in [0.15, 0.2) is 0 Å². The first kappa shape index (κ1) is 18.7. The quantitative estimate of drug-likeness (QED) is 0.839. The van der Waals surface area contributed by atoms with Crippen LogP contribution in [0, 0.1) is 11.3 Å². The highest BCUT2D eigenvalue weighted by Gasteiger charge is 2.23. The van der Waals surface area contributed by atoms with E-state index in [1.807, 2.05) is 32.9 Å². The minimum atomic E-state index is -0.242. The van der Waals surface area contributed by atoms with E-state index in [-0.39, 0.29) is 30.2 Å².